The zero-order valence-electron chi connectivity index (χ0n) is 17.6. The lowest BCUT2D eigenvalue weighted by molar-refractivity contribution is -0.909. The standard InChI is InChI=1S/C26H28N2O3/c29-26(20-31-25-14-8-7-13-23(25)21-9-3-1-4-10-21)27-24(22-11-5-2-6-12-22)19-28-15-17-30-18-16-28/h1-14,24H,15-20H2,(H,27,29)/p+1/t24-/m0/s1. The fourth-order valence-corrected chi connectivity index (χ4v) is 3.92. The molecule has 3 aromatic rings. The summed E-state index contributed by atoms with van der Waals surface area (Å²) < 4.78 is 11.4. The van der Waals surface area contributed by atoms with Crippen LogP contribution < -0.4 is 15.0 Å². The molecule has 0 spiro atoms. The smallest absolute Gasteiger partial charge is 0.258 e. The second-order valence-corrected chi connectivity index (χ2v) is 7.75. The minimum atomic E-state index is -0.121. The van der Waals surface area contributed by atoms with E-state index in [2.05, 4.69) is 17.4 Å². The molecular formula is C26H29N2O3+. The summed E-state index contributed by atoms with van der Waals surface area (Å²) in [6, 6.07) is 28.0. The molecule has 0 aromatic heterocycles. The Kier molecular flexibility index (Phi) is 7.32. The molecule has 2 N–H and O–H groups in total. The summed E-state index contributed by atoms with van der Waals surface area (Å²) in [5, 5.41) is 3.18. The van der Waals surface area contributed by atoms with E-state index in [0.29, 0.717) is 5.75 Å². The van der Waals surface area contributed by atoms with Crippen molar-refractivity contribution < 1.29 is 19.2 Å². The van der Waals surface area contributed by atoms with Crippen LogP contribution in [0.1, 0.15) is 11.6 Å². The largest absolute Gasteiger partial charge is 0.483 e. The zero-order valence-corrected chi connectivity index (χ0v) is 17.6. The number of para-hydroxylation sites is 1. The van der Waals surface area contributed by atoms with E-state index in [1.807, 2.05) is 72.8 Å². The summed E-state index contributed by atoms with van der Waals surface area (Å²) in [7, 11) is 0. The molecule has 4 rings (SSSR count). The highest BCUT2D eigenvalue weighted by Gasteiger charge is 2.23. The van der Waals surface area contributed by atoms with E-state index in [1.54, 1.807) is 0 Å². The molecule has 5 nitrogen and oxygen atoms in total. The SMILES string of the molecule is O=C(COc1ccccc1-c1ccccc1)N[C@@H](C[NH+]1CCOCC1)c1ccccc1. The van der Waals surface area contributed by atoms with Crippen molar-refractivity contribution in [3.63, 3.8) is 0 Å². The summed E-state index contributed by atoms with van der Waals surface area (Å²) in [4.78, 5) is 14.3. The van der Waals surface area contributed by atoms with Gasteiger partial charge in [0.15, 0.2) is 6.61 Å². The fourth-order valence-electron chi connectivity index (χ4n) is 3.92. The maximum absolute atomic E-state index is 12.8. The molecule has 1 aliphatic heterocycles. The van der Waals surface area contributed by atoms with Gasteiger partial charge >= 0.3 is 0 Å². The Bertz CT molecular complexity index is 957. The number of amides is 1. The zero-order chi connectivity index (χ0) is 21.3. The van der Waals surface area contributed by atoms with E-state index in [0.717, 1.165) is 49.5 Å². The van der Waals surface area contributed by atoms with Gasteiger partial charge in [0.2, 0.25) is 0 Å². The maximum atomic E-state index is 12.8. The normalized spacial score (nSPS) is 15.2. The molecule has 0 unspecified atom stereocenters. The van der Waals surface area contributed by atoms with Crippen LogP contribution in [0.5, 0.6) is 5.75 Å². The molecule has 0 bridgehead atoms. The van der Waals surface area contributed by atoms with E-state index in [1.165, 1.54) is 4.90 Å². The number of hydrogen-bond donors (Lipinski definition) is 2. The van der Waals surface area contributed by atoms with E-state index < -0.39 is 0 Å². The van der Waals surface area contributed by atoms with Crippen molar-refractivity contribution in [3.8, 4) is 16.9 Å². The van der Waals surface area contributed by atoms with Crippen LogP contribution in [-0.2, 0) is 9.53 Å². The van der Waals surface area contributed by atoms with Gasteiger partial charge in [-0.05, 0) is 17.2 Å². The van der Waals surface area contributed by atoms with Gasteiger partial charge in [-0.3, -0.25) is 4.79 Å². The molecule has 1 aliphatic rings. The number of morpholine rings is 1. The summed E-state index contributed by atoms with van der Waals surface area (Å²) in [5.74, 6) is 0.586. The first-order valence-corrected chi connectivity index (χ1v) is 10.8. The minimum absolute atomic E-state index is 0.0222. The second kappa shape index (κ2) is 10.8. The van der Waals surface area contributed by atoms with Crippen LogP contribution in [0, 0.1) is 0 Å². The van der Waals surface area contributed by atoms with Crippen LogP contribution in [0.15, 0.2) is 84.9 Å². The van der Waals surface area contributed by atoms with Gasteiger partial charge in [-0.2, -0.15) is 0 Å². The van der Waals surface area contributed by atoms with Crippen molar-refractivity contribution in [3.05, 3.63) is 90.5 Å². The number of carbonyl (C=O) groups is 1. The van der Waals surface area contributed by atoms with Crippen LogP contribution in [0.2, 0.25) is 0 Å². The number of benzene rings is 3. The second-order valence-electron chi connectivity index (χ2n) is 7.75. The molecule has 1 saturated heterocycles. The highest BCUT2D eigenvalue weighted by molar-refractivity contribution is 5.78. The molecule has 31 heavy (non-hydrogen) atoms. The topological polar surface area (TPSA) is 52.0 Å². The van der Waals surface area contributed by atoms with Crippen LogP contribution >= 0.6 is 0 Å². The summed E-state index contributed by atoms with van der Waals surface area (Å²) in [5.41, 5.74) is 3.16. The molecule has 0 saturated carbocycles. The Balaban J connectivity index is 1.41. The van der Waals surface area contributed by atoms with Crippen molar-refractivity contribution >= 4 is 5.91 Å². The predicted molar refractivity (Wildman–Crippen MR) is 121 cm³/mol. The first-order valence-electron chi connectivity index (χ1n) is 10.8. The first kappa shape index (κ1) is 21.1. The highest BCUT2D eigenvalue weighted by Crippen LogP contribution is 2.29. The summed E-state index contributed by atoms with van der Waals surface area (Å²) in [6.07, 6.45) is 0. The maximum Gasteiger partial charge on any atom is 0.258 e. The fraction of sp³-hybridized carbons (Fsp3) is 0.269. The van der Waals surface area contributed by atoms with Gasteiger partial charge in [0.05, 0.1) is 13.2 Å². The molecular weight excluding hydrogens is 388 g/mol. The number of nitrogens with one attached hydrogen (secondary N) is 2. The molecule has 0 radical (unpaired) electrons. The van der Waals surface area contributed by atoms with Crippen molar-refractivity contribution in [2.24, 2.45) is 0 Å². The predicted octanol–water partition coefficient (Wildman–Crippen LogP) is 2.50. The molecule has 160 valence electrons. The molecule has 5 heteroatoms. The minimum Gasteiger partial charge on any atom is -0.483 e. The molecule has 0 aliphatic carbocycles. The monoisotopic (exact) mass is 417 g/mol. The lowest BCUT2D eigenvalue weighted by Crippen LogP contribution is -3.14. The number of carbonyl (C=O) groups excluding carboxylic acids is 1. The van der Waals surface area contributed by atoms with Gasteiger partial charge < -0.3 is 19.7 Å². The van der Waals surface area contributed by atoms with Gasteiger partial charge in [-0.15, -0.1) is 0 Å². The lowest BCUT2D eigenvalue weighted by atomic mass is 10.0. The molecule has 3 aromatic carbocycles. The van der Waals surface area contributed by atoms with E-state index >= 15 is 0 Å². The number of rotatable bonds is 8. The third-order valence-corrected chi connectivity index (χ3v) is 5.56. The Morgan fingerprint density at radius 3 is 2.29 bits per heavy atom. The number of quaternary nitrogens is 1. The highest BCUT2D eigenvalue weighted by atomic mass is 16.5. The van der Waals surface area contributed by atoms with Crippen LogP contribution in [0.25, 0.3) is 11.1 Å². The van der Waals surface area contributed by atoms with Crippen LogP contribution in [0.3, 0.4) is 0 Å². The van der Waals surface area contributed by atoms with Gasteiger partial charge in [0.1, 0.15) is 31.4 Å². The number of ether oxygens (including phenoxy) is 2. The van der Waals surface area contributed by atoms with Gasteiger partial charge in [0, 0.05) is 5.56 Å². The summed E-state index contributed by atoms with van der Waals surface area (Å²) >= 11 is 0. The van der Waals surface area contributed by atoms with Crippen molar-refractivity contribution in [1.82, 2.24) is 5.32 Å². The van der Waals surface area contributed by atoms with E-state index in [4.69, 9.17) is 9.47 Å². The Labute approximate surface area is 183 Å². The van der Waals surface area contributed by atoms with Gasteiger partial charge in [-0.25, -0.2) is 0 Å². The molecule has 1 amide bonds. The van der Waals surface area contributed by atoms with E-state index in [9.17, 15) is 4.79 Å². The quantitative estimate of drug-likeness (QED) is 0.592. The van der Waals surface area contributed by atoms with Gasteiger partial charge in [0.25, 0.3) is 5.91 Å². The Morgan fingerprint density at radius 1 is 0.903 bits per heavy atom. The number of hydrogen-bond acceptors (Lipinski definition) is 3. The van der Waals surface area contributed by atoms with Crippen molar-refractivity contribution in [2.45, 2.75) is 6.04 Å². The molecule has 1 fully saturated rings. The first-order chi connectivity index (χ1) is 15.3. The Morgan fingerprint density at radius 2 is 1.55 bits per heavy atom. The third-order valence-electron chi connectivity index (χ3n) is 5.56. The average molecular weight is 418 g/mol. The third kappa shape index (κ3) is 5.94. The van der Waals surface area contributed by atoms with Crippen LogP contribution in [0.4, 0.5) is 0 Å². The van der Waals surface area contributed by atoms with Crippen molar-refractivity contribution in [2.75, 3.05) is 39.5 Å². The summed E-state index contributed by atoms with van der Waals surface area (Å²) in [6.45, 7) is 4.26. The molecule has 1 heterocycles. The average Bonchev–Trinajstić information content (AvgIpc) is 2.84. The van der Waals surface area contributed by atoms with Crippen LogP contribution in [-0.4, -0.2) is 45.4 Å². The molecule has 1 atom stereocenters. The van der Waals surface area contributed by atoms with E-state index in [-0.39, 0.29) is 18.6 Å². The Hall–Kier alpha value is -3.15. The lowest BCUT2D eigenvalue weighted by Gasteiger charge is -2.28. The van der Waals surface area contributed by atoms with Gasteiger partial charge in [-0.1, -0.05) is 78.9 Å². The van der Waals surface area contributed by atoms with Crippen molar-refractivity contribution in [1.29, 1.82) is 0 Å².